The summed E-state index contributed by atoms with van der Waals surface area (Å²) in [5.74, 6) is 1.40. The predicted octanol–water partition coefficient (Wildman–Crippen LogP) is 3.01. The summed E-state index contributed by atoms with van der Waals surface area (Å²) in [7, 11) is 5.28. The van der Waals surface area contributed by atoms with Gasteiger partial charge in [0.2, 0.25) is 0 Å². The highest BCUT2D eigenvalue weighted by Gasteiger charge is 2.26. The van der Waals surface area contributed by atoms with Crippen LogP contribution in [0, 0.1) is 0 Å². The number of carbonyl (C=O) groups excluding carboxylic acids is 1. The number of benzene rings is 3. The van der Waals surface area contributed by atoms with Crippen LogP contribution in [0.5, 0.6) is 11.5 Å². The molecular formula is C26H31N2O3+. The molecule has 5 nitrogen and oxygen atoms in total. The Morgan fingerprint density at radius 2 is 1.42 bits per heavy atom. The summed E-state index contributed by atoms with van der Waals surface area (Å²) in [6, 6.07) is 25.6. The largest absolute Gasteiger partial charge is 0.493 e. The normalized spacial score (nSPS) is 12.8. The van der Waals surface area contributed by atoms with Crippen molar-refractivity contribution < 1.29 is 19.2 Å². The number of methoxy groups -OCH3 is 2. The highest BCUT2D eigenvalue weighted by atomic mass is 16.5. The van der Waals surface area contributed by atoms with E-state index in [9.17, 15) is 4.79 Å². The van der Waals surface area contributed by atoms with Crippen LogP contribution in [0.2, 0.25) is 0 Å². The lowest BCUT2D eigenvalue weighted by atomic mass is 9.98. The molecule has 31 heavy (non-hydrogen) atoms. The maximum Gasteiger partial charge on any atom is 0.278 e. The summed E-state index contributed by atoms with van der Waals surface area (Å²) < 4.78 is 10.7. The fraction of sp³-hybridized carbons (Fsp3) is 0.269. The molecular weight excluding hydrogens is 388 g/mol. The molecule has 0 aromatic heterocycles. The van der Waals surface area contributed by atoms with Crippen LogP contribution in [0.4, 0.5) is 0 Å². The number of ether oxygens (including phenoxy) is 2. The van der Waals surface area contributed by atoms with Gasteiger partial charge < -0.3 is 19.7 Å². The van der Waals surface area contributed by atoms with Crippen molar-refractivity contribution in [3.05, 3.63) is 95.6 Å². The highest BCUT2D eigenvalue weighted by molar-refractivity contribution is 5.80. The second-order valence-electron chi connectivity index (χ2n) is 7.70. The summed E-state index contributed by atoms with van der Waals surface area (Å²) in [6.45, 7) is 2.65. The Hall–Kier alpha value is -3.31. The fourth-order valence-corrected chi connectivity index (χ4v) is 3.61. The SMILES string of the molecule is COc1ccc(C[NH+](C)[C@H](C)C(=O)NC(c2ccccc2)c2ccccc2)cc1OC. The van der Waals surface area contributed by atoms with Gasteiger partial charge in [0, 0.05) is 5.56 Å². The van der Waals surface area contributed by atoms with E-state index < -0.39 is 0 Å². The smallest absolute Gasteiger partial charge is 0.278 e. The first-order valence-corrected chi connectivity index (χ1v) is 10.5. The standard InChI is InChI=1S/C26H30N2O3/c1-19(28(2)18-20-15-16-23(30-3)24(17-20)31-4)26(29)27-25(21-11-7-5-8-12-21)22-13-9-6-10-14-22/h5-17,19,25H,18H2,1-4H3,(H,27,29)/p+1/t19-/m1/s1. The minimum atomic E-state index is -0.233. The van der Waals surface area contributed by atoms with E-state index in [1.54, 1.807) is 14.2 Å². The van der Waals surface area contributed by atoms with Crippen molar-refractivity contribution in [2.24, 2.45) is 0 Å². The van der Waals surface area contributed by atoms with Gasteiger partial charge in [-0.2, -0.15) is 0 Å². The molecule has 162 valence electrons. The minimum absolute atomic E-state index is 0.00989. The third-order valence-electron chi connectivity index (χ3n) is 5.62. The van der Waals surface area contributed by atoms with Crippen LogP contribution in [-0.4, -0.2) is 33.2 Å². The molecule has 0 bridgehead atoms. The quantitative estimate of drug-likeness (QED) is 0.561. The predicted molar refractivity (Wildman–Crippen MR) is 122 cm³/mol. The fourth-order valence-electron chi connectivity index (χ4n) is 3.61. The molecule has 0 aliphatic heterocycles. The summed E-state index contributed by atoms with van der Waals surface area (Å²) in [6.07, 6.45) is 0. The Morgan fingerprint density at radius 1 is 0.871 bits per heavy atom. The molecule has 0 saturated carbocycles. The number of quaternary nitrogens is 1. The topological polar surface area (TPSA) is 52.0 Å². The van der Waals surface area contributed by atoms with Crippen molar-refractivity contribution in [1.82, 2.24) is 5.32 Å². The molecule has 0 heterocycles. The molecule has 3 aromatic carbocycles. The third-order valence-corrected chi connectivity index (χ3v) is 5.62. The summed E-state index contributed by atoms with van der Waals surface area (Å²) in [5, 5.41) is 3.25. The number of hydrogen-bond acceptors (Lipinski definition) is 3. The maximum absolute atomic E-state index is 13.2. The van der Waals surface area contributed by atoms with Crippen LogP contribution in [0.15, 0.2) is 78.9 Å². The Morgan fingerprint density at radius 3 is 1.94 bits per heavy atom. The van der Waals surface area contributed by atoms with Crippen molar-refractivity contribution >= 4 is 5.91 Å². The van der Waals surface area contributed by atoms with Crippen molar-refractivity contribution in [3.8, 4) is 11.5 Å². The van der Waals surface area contributed by atoms with E-state index in [1.165, 1.54) is 0 Å². The Kier molecular flexibility index (Phi) is 7.68. The number of likely N-dealkylation sites (N-methyl/N-ethyl adjacent to an activating group) is 1. The third kappa shape index (κ3) is 5.64. The molecule has 0 radical (unpaired) electrons. The van der Waals surface area contributed by atoms with Crippen LogP contribution < -0.4 is 19.7 Å². The van der Waals surface area contributed by atoms with E-state index in [0.29, 0.717) is 18.0 Å². The van der Waals surface area contributed by atoms with Gasteiger partial charge in [0.1, 0.15) is 6.54 Å². The summed E-state index contributed by atoms with van der Waals surface area (Å²) in [4.78, 5) is 14.3. The minimum Gasteiger partial charge on any atom is -0.493 e. The van der Waals surface area contributed by atoms with Crippen LogP contribution >= 0.6 is 0 Å². The molecule has 0 fully saturated rings. The zero-order valence-corrected chi connectivity index (χ0v) is 18.6. The molecule has 1 amide bonds. The van der Waals surface area contributed by atoms with Gasteiger partial charge in [0.25, 0.3) is 5.91 Å². The maximum atomic E-state index is 13.2. The Labute approximate surface area is 184 Å². The van der Waals surface area contributed by atoms with E-state index in [4.69, 9.17) is 9.47 Å². The van der Waals surface area contributed by atoms with Crippen LogP contribution in [0.1, 0.15) is 29.7 Å². The molecule has 2 atom stereocenters. The zero-order chi connectivity index (χ0) is 22.2. The Balaban J connectivity index is 1.73. The molecule has 0 aliphatic rings. The molecule has 5 heteroatoms. The van der Waals surface area contributed by atoms with Crippen LogP contribution in [0.25, 0.3) is 0 Å². The van der Waals surface area contributed by atoms with E-state index in [1.807, 2.05) is 92.8 Å². The molecule has 3 aromatic rings. The molecule has 2 N–H and O–H groups in total. The second-order valence-corrected chi connectivity index (χ2v) is 7.70. The number of rotatable bonds is 9. The lowest BCUT2D eigenvalue weighted by molar-refractivity contribution is -0.908. The molecule has 1 unspecified atom stereocenters. The van der Waals surface area contributed by atoms with Crippen LogP contribution in [-0.2, 0) is 11.3 Å². The highest BCUT2D eigenvalue weighted by Crippen LogP contribution is 2.27. The van der Waals surface area contributed by atoms with Gasteiger partial charge in [-0.15, -0.1) is 0 Å². The van der Waals surface area contributed by atoms with E-state index in [2.05, 4.69) is 5.32 Å². The molecule has 0 saturated heterocycles. The van der Waals surface area contributed by atoms with Gasteiger partial charge in [0.05, 0.1) is 27.3 Å². The van der Waals surface area contributed by atoms with Gasteiger partial charge in [-0.25, -0.2) is 0 Å². The van der Waals surface area contributed by atoms with Gasteiger partial charge in [0.15, 0.2) is 17.5 Å². The van der Waals surface area contributed by atoms with Gasteiger partial charge >= 0.3 is 0 Å². The number of carbonyl (C=O) groups is 1. The summed E-state index contributed by atoms with van der Waals surface area (Å²) in [5.41, 5.74) is 3.20. The average molecular weight is 420 g/mol. The van der Waals surface area contributed by atoms with Gasteiger partial charge in [-0.3, -0.25) is 4.79 Å². The van der Waals surface area contributed by atoms with E-state index in [0.717, 1.165) is 21.6 Å². The van der Waals surface area contributed by atoms with E-state index >= 15 is 0 Å². The lowest BCUT2D eigenvalue weighted by Crippen LogP contribution is -3.12. The summed E-state index contributed by atoms with van der Waals surface area (Å²) >= 11 is 0. The first kappa shape index (κ1) is 22.4. The monoisotopic (exact) mass is 419 g/mol. The average Bonchev–Trinajstić information content (AvgIpc) is 2.82. The van der Waals surface area contributed by atoms with Gasteiger partial charge in [-0.05, 0) is 36.2 Å². The van der Waals surface area contributed by atoms with Gasteiger partial charge in [-0.1, -0.05) is 60.7 Å². The van der Waals surface area contributed by atoms with Crippen molar-refractivity contribution in [3.63, 3.8) is 0 Å². The molecule has 3 rings (SSSR count). The van der Waals surface area contributed by atoms with Crippen LogP contribution in [0.3, 0.4) is 0 Å². The Bertz CT molecular complexity index is 937. The van der Waals surface area contributed by atoms with Crippen molar-refractivity contribution in [2.45, 2.75) is 25.6 Å². The molecule has 0 aliphatic carbocycles. The lowest BCUT2D eigenvalue weighted by Gasteiger charge is -2.25. The number of amides is 1. The first-order chi connectivity index (χ1) is 15.0. The zero-order valence-electron chi connectivity index (χ0n) is 18.6. The first-order valence-electron chi connectivity index (χ1n) is 10.5. The van der Waals surface area contributed by atoms with Crippen molar-refractivity contribution in [2.75, 3.05) is 21.3 Å². The van der Waals surface area contributed by atoms with Crippen molar-refractivity contribution in [1.29, 1.82) is 0 Å². The number of hydrogen-bond donors (Lipinski definition) is 2. The van der Waals surface area contributed by atoms with E-state index in [-0.39, 0.29) is 18.0 Å². The number of nitrogens with one attached hydrogen (secondary N) is 2. The second kappa shape index (κ2) is 10.6. The molecule has 0 spiro atoms.